The highest BCUT2D eigenvalue weighted by Gasteiger charge is 2.33. The summed E-state index contributed by atoms with van der Waals surface area (Å²) >= 11 is 6.24. The second-order valence-corrected chi connectivity index (χ2v) is 13.1. The Bertz CT molecular complexity index is 1470. The molecule has 1 saturated carbocycles. The maximum absolute atomic E-state index is 14.1. The van der Waals surface area contributed by atoms with Crippen molar-refractivity contribution in [3.05, 3.63) is 94.5 Å². The molecule has 1 atom stereocenters. The van der Waals surface area contributed by atoms with E-state index >= 15 is 0 Å². The number of amides is 2. The largest absolute Gasteiger partial charge is 0.352 e. The van der Waals surface area contributed by atoms with Crippen molar-refractivity contribution in [3.63, 3.8) is 0 Å². The number of carbonyl (C=O) groups excluding carboxylic acids is 2. The van der Waals surface area contributed by atoms with E-state index in [4.69, 9.17) is 11.6 Å². The number of hydrogen-bond donors (Lipinski definition) is 1. The lowest BCUT2D eigenvalue weighted by atomic mass is 9.95. The number of nitrogens with one attached hydrogen (secondary N) is 1. The first-order chi connectivity index (χ1) is 19.6. The molecular formula is C32H38ClN3O4S. The third-order valence-electron chi connectivity index (χ3n) is 7.70. The van der Waals surface area contributed by atoms with Crippen molar-refractivity contribution in [1.82, 2.24) is 10.2 Å². The molecule has 0 radical (unpaired) electrons. The van der Waals surface area contributed by atoms with Crippen LogP contribution in [0, 0.1) is 13.8 Å². The molecule has 0 saturated heterocycles. The molecule has 2 amide bonds. The molecule has 0 spiro atoms. The molecule has 1 N–H and O–H groups in total. The summed E-state index contributed by atoms with van der Waals surface area (Å²) in [4.78, 5) is 29.1. The predicted molar refractivity (Wildman–Crippen MR) is 163 cm³/mol. The van der Waals surface area contributed by atoms with Crippen LogP contribution in [-0.4, -0.2) is 43.8 Å². The van der Waals surface area contributed by atoms with Gasteiger partial charge in [-0.2, -0.15) is 0 Å². The normalized spacial score (nSPS) is 14.7. The first-order valence-corrected chi connectivity index (χ1v) is 15.9. The molecule has 41 heavy (non-hydrogen) atoms. The molecule has 3 aromatic carbocycles. The fourth-order valence-corrected chi connectivity index (χ4v) is 6.71. The first kappa shape index (κ1) is 30.6. The average molecular weight is 596 g/mol. The van der Waals surface area contributed by atoms with E-state index in [0.717, 1.165) is 53.1 Å². The van der Waals surface area contributed by atoms with Crippen molar-refractivity contribution in [3.8, 4) is 0 Å². The minimum absolute atomic E-state index is 0.0596. The first-order valence-electron chi connectivity index (χ1n) is 14.1. The SMILES string of the molecule is Cc1ccc(S(=O)(=O)N(CC(=O)N(Cc2ccccc2C)[C@H](C)C(=O)NC2CCCCC2)c2cccc(Cl)c2)cc1. The Morgan fingerprint density at radius 1 is 0.951 bits per heavy atom. The zero-order valence-corrected chi connectivity index (χ0v) is 25.4. The molecule has 1 fully saturated rings. The smallest absolute Gasteiger partial charge is 0.264 e. The molecule has 3 aromatic rings. The van der Waals surface area contributed by atoms with Gasteiger partial charge in [0.1, 0.15) is 12.6 Å². The van der Waals surface area contributed by atoms with Crippen molar-refractivity contribution in [1.29, 1.82) is 0 Å². The van der Waals surface area contributed by atoms with E-state index in [-0.39, 0.29) is 29.1 Å². The van der Waals surface area contributed by atoms with E-state index in [2.05, 4.69) is 5.32 Å². The Balaban J connectivity index is 1.68. The summed E-state index contributed by atoms with van der Waals surface area (Å²) in [5.41, 5.74) is 3.04. The molecule has 0 bridgehead atoms. The molecule has 4 rings (SSSR count). The number of nitrogens with zero attached hydrogens (tertiary/aromatic N) is 2. The number of anilines is 1. The molecule has 0 aromatic heterocycles. The van der Waals surface area contributed by atoms with Gasteiger partial charge >= 0.3 is 0 Å². The quantitative estimate of drug-likeness (QED) is 0.311. The zero-order valence-electron chi connectivity index (χ0n) is 23.8. The Hall–Kier alpha value is -3.36. The van der Waals surface area contributed by atoms with E-state index in [0.29, 0.717) is 5.02 Å². The van der Waals surface area contributed by atoms with Crippen LogP contribution in [0.25, 0.3) is 0 Å². The van der Waals surface area contributed by atoms with Gasteiger partial charge in [-0.1, -0.05) is 78.9 Å². The third-order valence-corrected chi connectivity index (χ3v) is 9.73. The molecule has 9 heteroatoms. The molecule has 0 heterocycles. The lowest BCUT2D eigenvalue weighted by Crippen LogP contribution is -2.53. The van der Waals surface area contributed by atoms with Gasteiger partial charge in [-0.15, -0.1) is 0 Å². The summed E-state index contributed by atoms with van der Waals surface area (Å²) < 4.78 is 28.9. The minimum atomic E-state index is -4.14. The monoisotopic (exact) mass is 595 g/mol. The Labute approximate surface area is 248 Å². The molecule has 0 unspecified atom stereocenters. The van der Waals surface area contributed by atoms with Crippen molar-refractivity contribution in [2.24, 2.45) is 0 Å². The maximum Gasteiger partial charge on any atom is 0.264 e. The number of carbonyl (C=O) groups is 2. The van der Waals surface area contributed by atoms with Gasteiger partial charge in [0.2, 0.25) is 11.8 Å². The van der Waals surface area contributed by atoms with Gasteiger partial charge in [-0.25, -0.2) is 8.42 Å². The zero-order chi connectivity index (χ0) is 29.6. The van der Waals surface area contributed by atoms with Crippen LogP contribution in [0.1, 0.15) is 55.7 Å². The maximum atomic E-state index is 14.1. The highest BCUT2D eigenvalue weighted by atomic mass is 35.5. The number of hydrogen-bond acceptors (Lipinski definition) is 4. The average Bonchev–Trinajstić information content (AvgIpc) is 2.95. The summed E-state index contributed by atoms with van der Waals surface area (Å²) in [6.07, 6.45) is 5.13. The van der Waals surface area contributed by atoms with E-state index in [1.165, 1.54) is 23.1 Å². The summed E-state index contributed by atoms with van der Waals surface area (Å²) in [6, 6.07) is 19.8. The van der Waals surface area contributed by atoms with Crippen molar-refractivity contribution in [2.75, 3.05) is 10.8 Å². The number of sulfonamides is 1. The van der Waals surface area contributed by atoms with Crippen LogP contribution in [0.3, 0.4) is 0 Å². The number of rotatable bonds is 10. The van der Waals surface area contributed by atoms with Crippen LogP contribution in [0.4, 0.5) is 5.69 Å². The Kier molecular flexibility index (Phi) is 10.1. The van der Waals surface area contributed by atoms with Crippen molar-refractivity contribution >= 4 is 39.1 Å². The van der Waals surface area contributed by atoms with Crippen LogP contribution < -0.4 is 9.62 Å². The van der Waals surface area contributed by atoms with E-state index in [1.807, 2.05) is 38.1 Å². The minimum Gasteiger partial charge on any atom is -0.352 e. The van der Waals surface area contributed by atoms with Crippen LogP contribution >= 0.6 is 11.6 Å². The van der Waals surface area contributed by atoms with Gasteiger partial charge in [-0.3, -0.25) is 13.9 Å². The van der Waals surface area contributed by atoms with Crippen LogP contribution in [-0.2, 0) is 26.2 Å². The highest BCUT2D eigenvalue weighted by molar-refractivity contribution is 7.92. The number of benzene rings is 3. The van der Waals surface area contributed by atoms with Gasteiger partial charge in [0.05, 0.1) is 10.6 Å². The topological polar surface area (TPSA) is 86.8 Å². The van der Waals surface area contributed by atoms with Gasteiger partial charge < -0.3 is 10.2 Å². The van der Waals surface area contributed by atoms with E-state index < -0.39 is 28.5 Å². The van der Waals surface area contributed by atoms with Crippen LogP contribution in [0.2, 0.25) is 5.02 Å². The fraction of sp³-hybridized carbons (Fsp3) is 0.375. The van der Waals surface area contributed by atoms with Gasteiger partial charge in [0, 0.05) is 17.6 Å². The predicted octanol–water partition coefficient (Wildman–Crippen LogP) is 6.02. The van der Waals surface area contributed by atoms with Gasteiger partial charge in [0.25, 0.3) is 10.0 Å². The molecule has 218 valence electrons. The molecular weight excluding hydrogens is 558 g/mol. The lowest BCUT2D eigenvalue weighted by molar-refractivity contribution is -0.139. The third kappa shape index (κ3) is 7.68. The molecule has 1 aliphatic carbocycles. The fourth-order valence-electron chi connectivity index (χ4n) is 5.12. The summed E-state index contributed by atoms with van der Waals surface area (Å²) in [7, 11) is -4.14. The van der Waals surface area contributed by atoms with Crippen molar-refractivity contribution in [2.45, 2.75) is 76.4 Å². The van der Waals surface area contributed by atoms with Crippen LogP contribution in [0.15, 0.2) is 77.7 Å². The standard InChI is InChI=1S/C32H38ClN3O4S/c1-23-16-18-30(19-17-23)41(39,40)36(29-15-9-12-27(33)20-29)22-31(37)35(21-26-11-8-7-10-24(26)2)25(3)32(38)34-28-13-5-4-6-14-28/h7-12,15-20,25,28H,4-6,13-14,21-22H2,1-3H3,(H,34,38)/t25-/m1/s1. The highest BCUT2D eigenvalue weighted by Crippen LogP contribution is 2.27. The van der Waals surface area contributed by atoms with Crippen molar-refractivity contribution < 1.29 is 18.0 Å². The number of halogens is 1. The second-order valence-electron chi connectivity index (χ2n) is 10.8. The van der Waals surface area contributed by atoms with E-state index in [1.54, 1.807) is 37.3 Å². The molecule has 1 aliphatic rings. The Morgan fingerprint density at radius 3 is 2.29 bits per heavy atom. The Morgan fingerprint density at radius 2 is 1.63 bits per heavy atom. The number of aryl methyl sites for hydroxylation is 2. The van der Waals surface area contributed by atoms with Gasteiger partial charge in [0.15, 0.2) is 0 Å². The molecule has 7 nitrogen and oxygen atoms in total. The summed E-state index contributed by atoms with van der Waals surface area (Å²) in [6.45, 7) is 5.19. The molecule has 0 aliphatic heterocycles. The van der Waals surface area contributed by atoms with E-state index in [9.17, 15) is 18.0 Å². The summed E-state index contributed by atoms with van der Waals surface area (Å²) in [5.74, 6) is -0.732. The lowest BCUT2D eigenvalue weighted by Gasteiger charge is -2.33. The second kappa shape index (κ2) is 13.5. The van der Waals surface area contributed by atoms with Crippen LogP contribution in [0.5, 0.6) is 0 Å². The van der Waals surface area contributed by atoms with Gasteiger partial charge in [-0.05, 0) is 75.1 Å². The summed E-state index contributed by atoms with van der Waals surface area (Å²) in [5, 5.41) is 3.47.